The second-order valence-electron chi connectivity index (χ2n) is 3.95. The molecule has 1 atom stereocenters. The van der Waals surface area contributed by atoms with Crippen LogP contribution in [0, 0.1) is 0 Å². The fourth-order valence-electron chi connectivity index (χ4n) is 1.52. The summed E-state index contributed by atoms with van der Waals surface area (Å²) in [5.74, 6) is 0.421. The molecule has 0 saturated carbocycles. The van der Waals surface area contributed by atoms with Crippen LogP contribution in [0.5, 0.6) is 0 Å². The highest BCUT2D eigenvalue weighted by Gasteiger charge is 2.27. The molecular formula is C11H14N4O. The molecule has 0 aromatic carbocycles. The Balaban J connectivity index is 2.17. The van der Waals surface area contributed by atoms with E-state index in [2.05, 4.69) is 20.6 Å². The summed E-state index contributed by atoms with van der Waals surface area (Å²) in [6, 6.07) is 3.41. The van der Waals surface area contributed by atoms with Gasteiger partial charge in [-0.05, 0) is 19.9 Å². The monoisotopic (exact) mass is 218 g/mol. The number of carbonyl (C=O) groups is 1. The van der Waals surface area contributed by atoms with Crippen LogP contribution in [-0.4, -0.2) is 22.9 Å². The third kappa shape index (κ3) is 2.18. The summed E-state index contributed by atoms with van der Waals surface area (Å²) < 4.78 is 0. The van der Waals surface area contributed by atoms with Crippen molar-refractivity contribution in [2.75, 3.05) is 0 Å². The minimum Gasteiger partial charge on any atom is -0.354 e. The third-order valence-corrected chi connectivity index (χ3v) is 2.17. The van der Waals surface area contributed by atoms with E-state index < -0.39 is 6.04 Å². The van der Waals surface area contributed by atoms with Crippen LogP contribution in [0.25, 0.3) is 0 Å². The Morgan fingerprint density at radius 3 is 2.94 bits per heavy atom. The van der Waals surface area contributed by atoms with Crippen molar-refractivity contribution in [3.63, 3.8) is 0 Å². The molecule has 5 heteroatoms. The summed E-state index contributed by atoms with van der Waals surface area (Å²) in [5, 5.41) is 5.78. The van der Waals surface area contributed by atoms with Gasteiger partial charge in [-0.15, -0.1) is 0 Å². The molecule has 1 aromatic heterocycles. The van der Waals surface area contributed by atoms with Gasteiger partial charge >= 0.3 is 0 Å². The summed E-state index contributed by atoms with van der Waals surface area (Å²) in [7, 11) is 0. The van der Waals surface area contributed by atoms with Crippen LogP contribution in [0.2, 0.25) is 0 Å². The Morgan fingerprint density at radius 2 is 2.31 bits per heavy atom. The lowest BCUT2D eigenvalue weighted by Gasteiger charge is -2.07. The predicted molar refractivity (Wildman–Crippen MR) is 60.8 cm³/mol. The SMILES string of the molecule is CC(C)NC1=NC(c2cccnc2)C(=O)N1. The molecule has 0 aliphatic carbocycles. The molecule has 1 aliphatic heterocycles. The maximum Gasteiger partial charge on any atom is 0.256 e. The van der Waals surface area contributed by atoms with Crippen LogP contribution in [-0.2, 0) is 4.79 Å². The smallest absolute Gasteiger partial charge is 0.256 e. The van der Waals surface area contributed by atoms with E-state index in [1.54, 1.807) is 18.5 Å². The standard InChI is InChI=1S/C11H14N4O/c1-7(2)13-11-14-9(10(16)15-11)8-4-3-5-12-6-8/h3-7,9H,1-2H3,(H2,13,14,15,16). The molecule has 1 aromatic rings. The van der Waals surface area contributed by atoms with Crippen molar-refractivity contribution in [3.05, 3.63) is 30.1 Å². The molecule has 16 heavy (non-hydrogen) atoms. The highest BCUT2D eigenvalue weighted by Crippen LogP contribution is 2.19. The summed E-state index contributed by atoms with van der Waals surface area (Å²) in [6.45, 7) is 3.98. The van der Waals surface area contributed by atoms with E-state index >= 15 is 0 Å². The molecule has 1 unspecified atom stereocenters. The van der Waals surface area contributed by atoms with Crippen molar-refractivity contribution in [2.45, 2.75) is 25.9 Å². The van der Waals surface area contributed by atoms with Crippen LogP contribution in [0.3, 0.4) is 0 Å². The van der Waals surface area contributed by atoms with Gasteiger partial charge in [0.05, 0.1) is 0 Å². The lowest BCUT2D eigenvalue weighted by molar-refractivity contribution is -0.120. The quantitative estimate of drug-likeness (QED) is 0.764. The van der Waals surface area contributed by atoms with Crippen molar-refractivity contribution < 1.29 is 4.79 Å². The highest BCUT2D eigenvalue weighted by molar-refractivity contribution is 6.05. The largest absolute Gasteiger partial charge is 0.354 e. The maximum atomic E-state index is 11.7. The molecule has 5 nitrogen and oxygen atoms in total. The van der Waals surface area contributed by atoms with Crippen LogP contribution in [0.1, 0.15) is 25.5 Å². The number of pyridine rings is 1. The predicted octanol–water partition coefficient (Wildman–Crippen LogP) is 0.606. The average Bonchev–Trinajstić information content (AvgIpc) is 2.60. The maximum absolute atomic E-state index is 11.7. The van der Waals surface area contributed by atoms with Gasteiger partial charge in [0.15, 0.2) is 12.0 Å². The first-order chi connectivity index (χ1) is 7.66. The fourth-order valence-corrected chi connectivity index (χ4v) is 1.52. The second-order valence-corrected chi connectivity index (χ2v) is 3.95. The molecule has 0 radical (unpaired) electrons. The van der Waals surface area contributed by atoms with Crippen LogP contribution < -0.4 is 10.6 Å². The molecule has 1 aliphatic rings. The van der Waals surface area contributed by atoms with Gasteiger partial charge in [0.2, 0.25) is 0 Å². The first-order valence-electron chi connectivity index (χ1n) is 5.22. The lowest BCUT2D eigenvalue weighted by atomic mass is 10.1. The average molecular weight is 218 g/mol. The lowest BCUT2D eigenvalue weighted by Crippen LogP contribution is -2.40. The van der Waals surface area contributed by atoms with E-state index in [9.17, 15) is 4.79 Å². The summed E-state index contributed by atoms with van der Waals surface area (Å²) >= 11 is 0. The molecule has 0 spiro atoms. The Labute approximate surface area is 94.0 Å². The van der Waals surface area contributed by atoms with Gasteiger partial charge in [-0.25, -0.2) is 4.99 Å². The summed E-state index contributed by atoms with van der Waals surface area (Å²) in [5.41, 5.74) is 0.806. The van der Waals surface area contributed by atoms with Gasteiger partial charge in [0.1, 0.15) is 0 Å². The first-order valence-corrected chi connectivity index (χ1v) is 5.22. The van der Waals surface area contributed by atoms with Crippen molar-refractivity contribution in [1.82, 2.24) is 15.6 Å². The van der Waals surface area contributed by atoms with Gasteiger partial charge in [-0.3, -0.25) is 15.1 Å². The van der Waals surface area contributed by atoms with E-state index in [1.165, 1.54) is 0 Å². The zero-order valence-corrected chi connectivity index (χ0v) is 9.27. The number of nitrogens with one attached hydrogen (secondary N) is 2. The minimum atomic E-state index is -0.477. The van der Waals surface area contributed by atoms with Gasteiger partial charge < -0.3 is 5.32 Å². The number of rotatable bonds is 2. The second kappa shape index (κ2) is 4.30. The topological polar surface area (TPSA) is 66.4 Å². The van der Waals surface area contributed by atoms with Gasteiger partial charge in [-0.1, -0.05) is 6.07 Å². The van der Waals surface area contributed by atoms with E-state index in [-0.39, 0.29) is 11.9 Å². The van der Waals surface area contributed by atoms with Crippen molar-refractivity contribution in [3.8, 4) is 0 Å². The normalized spacial score (nSPS) is 19.6. The molecule has 2 N–H and O–H groups in total. The number of amides is 1. The number of guanidine groups is 1. The molecule has 0 saturated heterocycles. The van der Waals surface area contributed by atoms with E-state index in [0.29, 0.717) is 5.96 Å². The number of aromatic nitrogens is 1. The zero-order valence-electron chi connectivity index (χ0n) is 9.27. The number of hydrogen-bond donors (Lipinski definition) is 2. The van der Waals surface area contributed by atoms with Crippen molar-refractivity contribution in [2.24, 2.45) is 4.99 Å². The number of hydrogen-bond acceptors (Lipinski definition) is 4. The van der Waals surface area contributed by atoms with Crippen LogP contribution in [0.15, 0.2) is 29.5 Å². The van der Waals surface area contributed by atoms with Crippen LogP contribution >= 0.6 is 0 Å². The fraction of sp³-hybridized carbons (Fsp3) is 0.364. The molecule has 0 bridgehead atoms. The summed E-state index contributed by atoms with van der Waals surface area (Å²) in [6.07, 6.45) is 3.33. The molecular weight excluding hydrogens is 204 g/mol. The van der Waals surface area contributed by atoms with Crippen LogP contribution in [0.4, 0.5) is 0 Å². The van der Waals surface area contributed by atoms with Gasteiger partial charge in [-0.2, -0.15) is 0 Å². The number of nitrogens with zero attached hydrogens (tertiary/aromatic N) is 2. The molecule has 0 fully saturated rings. The Bertz CT molecular complexity index is 413. The Hall–Kier alpha value is -1.91. The molecule has 2 heterocycles. The van der Waals surface area contributed by atoms with E-state index in [4.69, 9.17) is 0 Å². The zero-order chi connectivity index (χ0) is 11.5. The van der Waals surface area contributed by atoms with Gasteiger partial charge in [0, 0.05) is 24.0 Å². The van der Waals surface area contributed by atoms with E-state index in [1.807, 2.05) is 19.9 Å². The molecule has 84 valence electrons. The van der Waals surface area contributed by atoms with Crippen molar-refractivity contribution in [1.29, 1.82) is 0 Å². The number of carbonyl (C=O) groups excluding carboxylic acids is 1. The Morgan fingerprint density at radius 1 is 1.50 bits per heavy atom. The minimum absolute atomic E-state index is 0.115. The highest BCUT2D eigenvalue weighted by atomic mass is 16.2. The van der Waals surface area contributed by atoms with Crippen molar-refractivity contribution >= 4 is 11.9 Å². The van der Waals surface area contributed by atoms with E-state index in [0.717, 1.165) is 5.56 Å². The van der Waals surface area contributed by atoms with Gasteiger partial charge in [0.25, 0.3) is 5.91 Å². The third-order valence-electron chi connectivity index (χ3n) is 2.17. The number of aliphatic imine (C=N–C) groups is 1. The summed E-state index contributed by atoms with van der Waals surface area (Å²) in [4.78, 5) is 19.9. The Kier molecular flexibility index (Phi) is 2.85. The first kappa shape index (κ1) is 10.6. The molecule has 2 rings (SSSR count). The molecule has 1 amide bonds.